The lowest BCUT2D eigenvalue weighted by atomic mass is 9.97. The van der Waals surface area contributed by atoms with Crippen molar-refractivity contribution in [3.63, 3.8) is 0 Å². The van der Waals surface area contributed by atoms with E-state index in [2.05, 4.69) is 4.98 Å². The molecule has 0 spiro atoms. The Kier molecular flexibility index (Phi) is 8.40. The van der Waals surface area contributed by atoms with Crippen molar-refractivity contribution in [3.05, 3.63) is 80.4 Å². The van der Waals surface area contributed by atoms with Crippen LogP contribution in [0.15, 0.2) is 58.0 Å². The molecule has 0 aliphatic carbocycles. The van der Waals surface area contributed by atoms with Gasteiger partial charge in [-0.1, -0.05) is 18.2 Å². The Morgan fingerprint density at radius 2 is 1.82 bits per heavy atom. The van der Waals surface area contributed by atoms with E-state index in [1.807, 2.05) is 0 Å². The molecule has 12 heteroatoms. The van der Waals surface area contributed by atoms with E-state index in [0.717, 1.165) is 0 Å². The van der Waals surface area contributed by atoms with E-state index in [-0.39, 0.29) is 6.61 Å². The van der Waals surface area contributed by atoms with Gasteiger partial charge in [-0.25, -0.2) is 9.59 Å². The minimum Gasteiger partial charge on any atom is -0.453 e. The maximum Gasteiger partial charge on any atom is 0.353 e. The van der Waals surface area contributed by atoms with Gasteiger partial charge in [-0.2, -0.15) is 0 Å². The second-order valence-electron chi connectivity index (χ2n) is 7.53. The fourth-order valence-corrected chi connectivity index (χ4v) is 4.39. The highest BCUT2D eigenvalue weighted by molar-refractivity contribution is 7.57. The number of esters is 1. The van der Waals surface area contributed by atoms with E-state index in [0.29, 0.717) is 11.1 Å². The lowest BCUT2D eigenvalue weighted by molar-refractivity contribution is -0.157. The molecule has 1 fully saturated rings. The maximum atomic E-state index is 12.9. The van der Waals surface area contributed by atoms with Crippen LogP contribution in [-0.2, 0) is 27.8 Å². The molecule has 2 aromatic rings. The van der Waals surface area contributed by atoms with Crippen LogP contribution in [0.1, 0.15) is 22.0 Å². The lowest BCUT2D eigenvalue weighted by Gasteiger charge is -2.41. The zero-order chi connectivity index (χ0) is 24.9. The first-order valence-corrected chi connectivity index (χ1v) is 12.0. The average Bonchev–Trinajstić information content (AvgIpc) is 2.85. The van der Waals surface area contributed by atoms with Crippen molar-refractivity contribution >= 4 is 13.6 Å². The molecule has 1 aliphatic rings. The van der Waals surface area contributed by atoms with Gasteiger partial charge in [0.15, 0.2) is 6.10 Å². The van der Waals surface area contributed by atoms with E-state index in [9.17, 15) is 18.9 Å². The first kappa shape index (κ1) is 25.8. The van der Waals surface area contributed by atoms with Crippen molar-refractivity contribution < 1.29 is 32.6 Å². The summed E-state index contributed by atoms with van der Waals surface area (Å²) in [4.78, 5) is 39.5. The summed E-state index contributed by atoms with van der Waals surface area (Å²) >= 11 is 0. The number of ether oxygens (including phenoxy) is 3. The highest BCUT2D eigenvalue weighted by Gasteiger charge is 2.44. The number of hydrogen-bond acceptors (Lipinski definition) is 9. The van der Waals surface area contributed by atoms with Crippen molar-refractivity contribution in [1.29, 1.82) is 0 Å². The summed E-state index contributed by atoms with van der Waals surface area (Å²) in [5.74, 6) is 0.576. The third kappa shape index (κ3) is 5.63. The monoisotopic (exact) mass is 494 g/mol. The molecule has 1 saturated heterocycles. The van der Waals surface area contributed by atoms with Crippen LogP contribution in [-0.4, -0.2) is 61.8 Å². The fourth-order valence-electron chi connectivity index (χ4n) is 3.62. The Morgan fingerprint density at radius 1 is 1.15 bits per heavy atom. The van der Waals surface area contributed by atoms with Crippen LogP contribution >= 0.6 is 7.60 Å². The highest BCUT2D eigenvalue weighted by Crippen LogP contribution is 2.48. The zero-order valence-electron chi connectivity index (χ0n) is 19.2. The summed E-state index contributed by atoms with van der Waals surface area (Å²) in [5.41, 5.74) is -0.541. The van der Waals surface area contributed by atoms with Crippen molar-refractivity contribution in [2.75, 3.05) is 27.9 Å². The molecule has 184 valence electrons. The SMILES string of the molecule is CO[C@@H]1[C@H](OC(=O)c2ccccc2)C(/C=C/P(=O)(OC)OC)OC[C@H]1n1cc(C)c(=O)[nH]c1=O. The number of methoxy groups -OCH3 is 1. The van der Waals surface area contributed by atoms with Crippen LogP contribution in [0.25, 0.3) is 0 Å². The van der Waals surface area contributed by atoms with Gasteiger partial charge in [-0.15, -0.1) is 0 Å². The van der Waals surface area contributed by atoms with Crippen LogP contribution in [0, 0.1) is 6.92 Å². The third-order valence-electron chi connectivity index (χ3n) is 5.48. The summed E-state index contributed by atoms with van der Waals surface area (Å²) in [6, 6.07) is 7.60. The standard InChI is InChI=1S/C22H27N2O9P/c1-14-12-24(22(27)23-20(14)25)16-13-32-17(10-11-34(28,30-3)31-4)19(18(16)29-2)33-21(26)15-8-6-5-7-9-15/h5-12,16-19H,13H2,1-4H3,(H,23,25,27)/b11-10+/t16-,17?,18+,19-/m1/s1. The van der Waals surface area contributed by atoms with E-state index >= 15 is 0 Å². The third-order valence-corrected chi connectivity index (χ3v) is 7.04. The van der Waals surface area contributed by atoms with Gasteiger partial charge in [0.25, 0.3) is 5.56 Å². The molecule has 2 heterocycles. The van der Waals surface area contributed by atoms with Crippen LogP contribution in [0.2, 0.25) is 0 Å². The normalized spacial score (nSPS) is 23.2. The number of H-pyrrole nitrogens is 1. The predicted molar refractivity (Wildman–Crippen MR) is 122 cm³/mol. The molecule has 1 aromatic carbocycles. The van der Waals surface area contributed by atoms with Crippen LogP contribution in [0.3, 0.4) is 0 Å². The van der Waals surface area contributed by atoms with Crippen molar-refractivity contribution in [1.82, 2.24) is 9.55 Å². The number of benzene rings is 1. The van der Waals surface area contributed by atoms with Gasteiger partial charge in [-0.05, 0) is 25.1 Å². The van der Waals surface area contributed by atoms with E-state index < -0.39 is 49.2 Å². The summed E-state index contributed by atoms with van der Waals surface area (Å²) in [5, 5.41) is 0. The highest BCUT2D eigenvalue weighted by atomic mass is 31.2. The Bertz CT molecular complexity index is 1180. The topological polar surface area (TPSA) is 135 Å². The summed E-state index contributed by atoms with van der Waals surface area (Å²) in [6.45, 7) is 1.54. The molecule has 0 radical (unpaired) electrons. The van der Waals surface area contributed by atoms with E-state index in [1.165, 1.54) is 44.0 Å². The number of aromatic amines is 1. The number of rotatable bonds is 8. The Hall–Kier alpha value is -2.82. The molecule has 4 atom stereocenters. The number of carbonyl (C=O) groups excluding carboxylic acids is 1. The first-order valence-electron chi connectivity index (χ1n) is 10.4. The summed E-state index contributed by atoms with van der Waals surface area (Å²) in [7, 11) is 0.360. The van der Waals surface area contributed by atoms with Crippen molar-refractivity contribution in [2.24, 2.45) is 0 Å². The fraction of sp³-hybridized carbons (Fsp3) is 0.409. The summed E-state index contributed by atoms with van der Waals surface area (Å²) in [6.07, 6.45) is 0.0155. The number of aromatic nitrogens is 2. The quantitative estimate of drug-likeness (QED) is 0.432. The molecule has 0 bridgehead atoms. The number of nitrogens with zero attached hydrogens (tertiary/aromatic N) is 1. The Morgan fingerprint density at radius 3 is 2.44 bits per heavy atom. The number of carbonyl (C=O) groups is 1. The minimum absolute atomic E-state index is 0.0252. The molecular formula is C22H27N2O9P. The number of nitrogens with one attached hydrogen (secondary N) is 1. The van der Waals surface area contributed by atoms with Gasteiger partial charge >= 0.3 is 19.3 Å². The molecule has 0 amide bonds. The number of hydrogen-bond donors (Lipinski definition) is 1. The van der Waals surface area contributed by atoms with Gasteiger partial charge in [0, 0.05) is 38.9 Å². The van der Waals surface area contributed by atoms with Crippen molar-refractivity contribution in [2.45, 2.75) is 31.3 Å². The largest absolute Gasteiger partial charge is 0.453 e. The Balaban J connectivity index is 2.00. The predicted octanol–water partition coefficient (Wildman–Crippen LogP) is 2.03. The molecular weight excluding hydrogens is 467 g/mol. The molecule has 34 heavy (non-hydrogen) atoms. The van der Waals surface area contributed by atoms with E-state index in [4.69, 9.17) is 23.3 Å². The van der Waals surface area contributed by atoms with Gasteiger partial charge in [-0.3, -0.25) is 18.9 Å². The number of aryl methyl sites for hydroxylation is 1. The van der Waals surface area contributed by atoms with Crippen molar-refractivity contribution in [3.8, 4) is 0 Å². The second-order valence-corrected chi connectivity index (χ2v) is 9.63. The Labute approximate surface area is 195 Å². The summed E-state index contributed by atoms with van der Waals surface area (Å²) < 4.78 is 41.0. The molecule has 1 aromatic heterocycles. The van der Waals surface area contributed by atoms with Gasteiger partial charge in [0.1, 0.15) is 12.2 Å². The smallest absolute Gasteiger partial charge is 0.353 e. The molecule has 1 N–H and O–H groups in total. The lowest BCUT2D eigenvalue weighted by Crippen LogP contribution is -2.54. The second kappa shape index (κ2) is 11.1. The molecule has 1 aliphatic heterocycles. The molecule has 3 rings (SSSR count). The van der Waals surface area contributed by atoms with Gasteiger partial charge < -0.3 is 23.3 Å². The average molecular weight is 494 g/mol. The van der Waals surface area contributed by atoms with Crippen LogP contribution in [0.4, 0.5) is 0 Å². The minimum atomic E-state index is -3.52. The molecule has 1 unspecified atom stereocenters. The van der Waals surface area contributed by atoms with Crippen LogP contribution < -0.4 is 11.2 Å². The van der Waals surface area contributed by atoms with Gasteiger partial charge in [0.2, 0.25) is 0 Å². The molecule has 11 nitrogen and oxygen atoms in total. The molecule has 0 saturated carbocycles. The van der Waals surface area contributed by atoms with E-state index in [1.54, 1.807) is 37.3 Å². The first-order chi connectivity index (χ1) is 16.2. The maximum absolute atomic E-state index is 12.9. The van der Waals surface area contributed by atoms with Crippen LogP contribution in [0.5, 0.6) is 0 Å². The van der Waals surface area contributed by atoms with Gasteiger partial charge in [0.05, 0.1) is 18.2 Å². The zero-order valence-corrected chi connectivity index (χ0v) is 20.1.